The minimum Gasteiger partial charge on any atom is -0.497 e. The van der Waals surface area contributed by atoms with E-state index in [4.69, 9.17) is 9.47 Å². The molecule has 6 heteroatoms. The molecule has 0 saturated carbocycles. The van der Waals surface area contributed by atoms with E-state index in [0.29, 0.717) is 18.8 Å². The van der Waals surface area contributed by atoms with Gasteiger partial charge < -0.3 is 19.7 Å². The first-order valence-electron chi connectivity index (χ1n) is 10.2. The van der Waals surface area contributed by atoms with Crippen LogP contribution in [0.15, 0.2) is 42.5 Å². The average molecular weight is 413 g/mol. The summed E-state index contributed by atoms with van der Waals surface area (Å²) in [5, 5.41) is 2.87. The number of amides is 2. The first-order valence-corrected chi connectivity index (χ1v) is 10.2. The van der Waals surface area contributed by atoms with Gasteiger partial charge in [0.15, 0.2) is 6.61 Å². The van der Waals surface area contributed by atoms with Crippen molar-refractivity contribution in [1.29, 1.82) is 0 Å². The Morgan fingerprint density at radius 3 is 2.23 bits per heavy atom. The number of aryl methyl sites for hydroxylation is 2. The van der Waals surface area contributed by atoms with Crippen LogP contribution >= 0.6 is 0 Å². The van der Waals surface area contributed by atoms with Crippen molar-refractivity contribution < 1.29 is 19.1 Å². The number of nitrogens with zero attached hydrogens (tertiary/aromatic N) is 1. The molecule has 0 aliphatic heterocycles. The van der Waals surface area contributed by atoms with Crippen LogP contribution in [0.4, 0.5) is 0 Å². The normalized spacial score (nSPS) is 11.5. The van der Waals surface area contributed by atoms with Crippen LogP contribution in [0, 0.1) is 13.8 Å². The number of methoxy groups -OCH3 is 1. The molecule has 0 spiro atoms. The monoisotopic (exact) mass is 412 g/mol. The van der Waals surface area contributed by atoms with Gasteiger partial charge in [-0.25, -0.2) is 0 Å². The molecule has 0 fully saturated rings. The summed E-state index contributed by atoms with van der Waals surface area (Å²) in [6, 6.07) is 12.7. The van der Waals surface area contributed by atoms with Gasteiger partial charge in [-0.2, -0.15) is 0 Å². The summed E-state index contributed by atoms with van der Waals surface area (Å²) < 4.78 is 10.9. The molecule has 1 unspecified atom stereocenters. The molecule has 0 bridgehead atoms. The molecule has 6 nitrogen and oxygen atoms in total. The van der Waals surface area contributed by atoms with Crippen molar-refractivity contribution >= 4 is 11.8 Å². The lowest BCUT2D eigenvalue weighted by molar-refractivity contribution is -0.142. The number of hydrogen-bond donors (Lipinski definition) is 1. The van der Waals surface area contributed by atoms with Crippen molar-refractivity contribution in [1.82, 2.24) is 10.2 Å². The zero-order valence-corrected chi connectivity index (χ0v) is 18.5. The molecular formula is C24H32N2O4. The molecule has 2 aromatic carbocycles. The fourth-order valence-corrected chi connectivity index (χ4v) is 3.15. The number of ether oxygens (including phenoxy) is 2. The molecule has 0 aliphatic carbocycles. The summed E-state index contributed by atoms with van der Waals surface area (Å²) >= 11 is 0. The number of hydrogen-bond acceptors (Lipinski definition) is 4. The zero-order chi connectivity index (χ0) is 22.1. The first-order chi connectivity index (χ1) is 14.3. The van der Waals surface area contributed by atoms with Gasteiger partial charge in [-0.3, -0.25) is 9.59 Å². The highest BCUT2D eigenvalue weighted by Crippen LogP contribution is 2.18. The van der Waals surface area contributed by atoms with Gasteiger partial charge in [0.1, 0.15) is 17.5 Å². The SMILES string of the molecule is CCCNC(=O)C(C)N(Cc1ccc(OC)cc1)C(=O)COc1cc(C)cc(C)c1. The largest absolute Gasteiger partial charge is 0.497 e. The van der Waals surface area contributed by atoms with Crippen molar-refractivity contribution in [2.75, 3.05) is 20.3 Å². The van der Waals surface area contributed by atoms with E-state index in [2.05, 4.69) is 5.32 Å². The zero-order valence-electron chi connectivity index (χ0n) is 18.5. The molecule has 2 rings (SSSR count). The van der Waals surface area contributed by atoms with Crippen molar-refractivity contribution in [2.45, 2.75) is 46.7 Å². The van der Waals surface area contributed by atoms with Crippen LogP contribution in [0.1, 0.15) is 37.0 Å². The molecule has 1 atom stereocenters. The third kappa shape index (κ3) is 6.79. The fourth-order valence-electron chi connectivity index (χ4n) is 3.15. The maximum atomic E-state index is 13.0. The highest BCUT2D eigenvalue weighted by molar-refractivity contribution is 5.87. The lowest BCUT2D eigenvalue weighted by atomic mass is 10.1. The molecule has 162 valence electrons. The maximum absolute atomic E-state index is 13.0. The number of benzene rings is 2. The summed E-state index contributed by atoms with van der Waals surface area (Å²) in [6.07, 6.45) is 0.834. The second-order valence-corrected chi connectivity index (χ2v) is 7.45. The quantitative estimate of drug-likeness (QED) is 0.647. The minimum absolute atomic E-state index is 0.134. The fraction of sp³-hybridized carbons (Fsp3) is 0.417. The van der Waals surface area contributed by atoms with E-state index in [0.717, 1.165) is 28.9 Å². The van der Waals surface area contributed by atoms with Crippen LogP contribution in [-0.2, 0) is 16.1 Å². The molecule has 0 aromatic heterocycles. The Labute approximate surface area is 179 Å². The van der Waals surface area contributed by atoms with Crippen LogP contribution in [0.5, 0.6) is 11.5 Å². The molecule has 1 N–H and O–H groups in total. The number of carbonyl (C=O) groups is 2. The Morgan fingerprint density at radius 2 is 1.67 bits per heavy atom. The third-order valence-corrected chi connectivity index (χ3v) is 4.79. The Morgan fingerprint density at radius 1 is 1.03 bits per heavy atom. The van der Waals surface area contributed by atoms with Gasteiger partial charge >= 0.3 is 0 Å². The van der Waals surface area contributed by atoms with Crippen LogP contribution < -0.4 is 14.8 Å². The van der Waals surface area contributed by atoms with Gasteiger partial charge in [0.2, 0.25) is 5.91 Å². The van der Waals surface area contributed by atoms with Crippen molar-refractivity contribution in [3.8, 4) is 11.5 Å². The van der Waals surface area contributed by atoms with E-state index in [-0.39, 0.29) is 18.4 Å². The predicted octanol–water partition coefficient (Wildman–Crippen LogP) is 3.63. The summed E-state index contributed by atoms with van der Waals surface area (Å²) in [5.41, 5.74) is 3.05. The van der Waals surface area contributed by atoms with Gasteiger partial charge in [0.25, 0.3) is 5.91 Å². The Bertz CT molecular complexity index is 829. The van der Waals surface area contributed by atoms with Crippen molar-refractivity contribution in [3.63, 3.8) is 0 Å². The summed E-state index contributed by atoms with van der Waals surface area (Å²) in [5.74, 6) is 0.964. The van der Waals surface area contributed by atoms with Crippen molar-refractivity contribution in [2.24, 2.45) is 0 Å². The second kappa shape index (κ2) is 11.2. The van der Waals surface area contributed by atoms with Crippen molar-refractivity contribution in [3.05, 3.63) is 59.2 Å². The van der Waals surface area contributed by atoms with Gasteiger partial charge in [0, 0.05) is 13.1 Å². The molecular weight excluding hydrogens is 380 g/mol. The Kier molecular flexibility index (Phi) is 8.71. The highest BCUT2D eigenvalue weighted by Gasteiger charge is 2.26. The second-order valence-electron chi connectivity index (χ2n) is 7.45. The van der Waals surface area contributed by atoms with Crippen LogP contribution in [0.25, 0.3) is 0 Å². The van der Waals surface area contributed by atoms with Crippen LogP contribution in [0.2, 0.25) is 0 Å². The number of rotatable bonds is 10. The Balaban J connectivity index is 2.15. The minimum atomic E-state index is -0.617. The summed E-state index contributed by atoms with van der Waals surface area (Å²) in [6.45, 7) is 8.44. The smallest absolute Gasteiger partial charge is 0.261 e. The molecule has 0 saturated heterocycles. The van der Waals surface area contributed by atoms with E-state index in [9.17, 15) is 9.59 Å². The predicted molar refractivity (Wildman–Crippen MR) is 118 cm³/mol. The van der Waals surface area contributed by atoms with E-state index in [1.54, 1.807) is 18.9 Å². The molecule has 30 heavy (non-hydrogen) atoms. The number of carbonyl (C=O) groups excluding carboxylic acids is 2. The molecule has 2 amide bonds. The van der Waals surface area contributed by atoms with Gasteiger partial charge in [-0.1, -0.05) is 25.1 Å². The summed E-state index contributed by atoms with van der Waals surface area (Å²) in [7, 11) is 1.61. The first kappa shape index (κ1) is 23.3. The van der Waals surface area contributed by atoms with Gasteiger partial charge in [0.05, 0.1) is 7.11 Å². The third-order valence-electron chi connectivity index (χ3n) is 4.79. The van der Waals surface area contributed by atoms with Gasteiger partial charge in [-0.15, -0.1) is 0 Å². The van der Waals surface area contributed by atoms with E-state index in [1.165, 1.54) is 0 Å². The molecule has 0 radical (unpaired) electrons. The number of nitrogens with one attached hydrogen (secondary N) is 1. The molecule has 2 aromatic rings. The van der Waals surface area contributed by atoms with Crippen LogP contribution in [-0.4, -0.2) is 43.0 Å². The van der Waals surface area contributed by atoms with Gasteiger partial charge in [-0.05, 0) is 68.1 Å². The van der Waals surface area contributed by atoms with E-state index >= 15 is 0 Å². The molecule has 0 aliphatic rings. The molecule has 0 heterocycles. The summed E-state index contributed by atoms with van der Waals surface area (Å²) in [4.78, 5) is 27.1. The van der Waals surface area contributed by atoms with E-state index < -0.39 is 6.04 Å². The standard InChI is InChI=1S/C24H32N2O4/c1-6-11-25-24(28)19(4)26(15-20-7-9-21(29-5)10-8-20)23(27)16-30-22-13-17(2)12-18(3)14-22/h7-10,12-14,19H,6,11,15-16H2,1-5H3,(H,25,28). The van der Waals surface area contributed by atoms with E-state index in [1.807, 2.05) is 63.2 Å². The van der Waals surface area contributed by atoms with Crippen LogP contribution in [0.3, 0.4) is 0 Å². The lowest BCUT2D eigenvalue weighted by Gasteiger charge is -2.28. The lowest BCUT2D eigenvalue weighted by Crippen LogP contribution is -2.49. The maximum Gasteiger partial charge on any atom is 0.261 e. The Hall–Kier alpha value is -3.02. The topological polar surface area (TPSA) is 67.9 Å². The highest BCUT2D eigenvalue weighted by atomic mass is 16.5. The average Bonchev–Trinajstić information content (AvgIpc) is 2.73.